The van der Waals surface area contributed by atoms with E-state index in [0.29, 0.717) is 0 Å². The van der Waals surface area contributed by atoms with Gasteiger partial charge >= 0.3 is 0 Å². The van der Waals surface area contributed by atoms with Crippen LogP contribution in [0.15, 0.2) is 17.6 Å². The Bertz CT molecular complexity index is 544. The first-order valence-corrected chi connectivity index (χ1v) is 7.39. The SMILES string of the molecule is Cc1csc(CCn2ccc3c2CCCC3O)n1. The molecule has 4 heteroatoms. The molecule has 2 aromatic heterocycles. The van der Waals surface area contributed by atoms with Gasteiger partial charge in [-0.3, -0.25) is 0 Å². The Hall–Kier alpha value is -1.13. The predicted octanol–water partition coefficient (Wildman–Crippen LogP) is 2.87. The Labute approximate surface area is 111 Å². The molecule has 3 rings (SSSR count). The van der Waals surface area contributed by atoms with E-state index in [4.69, 9.17) is 0 Å². The van der Waals surface area contributed by atoms with E-state index < -0.39 is 0 Å². The fourth-order valence-corrected chi connectivity index (χ4v) is 3.44. The molecule has 1 unspecified atom stereocenters. The second-order valence-corrected chi connectivity index (χ2v) is 5.89. The molecule has 2 aromatic rings. The summed E-state index contributed by atoms with van der Waals surface area (Å²) in [6.07, 6.45) is 5.93. The summed E-state index contributed by atoms with van der Waals surface area (Å²) >= 11 is 1.74. The lowest BCUT2D eigenvalue weighted by Crippen LogP contribution is -2.12. The summed E-state index contributed by atoms with van der Waals surface area (Å²) in [5, 5.41) is 13.2. The normalized spacial score (nSPS) is 18.9. The van der Waals surface area contributed by atoms with Gasteiger partial charge in [0.05, 0.1) is 11.1 Å². The number of rotatable bonds is 3. The Morgan fingerprint density at radius 3 is 3.22 bits per heavy atom. The third-order valence-electron chi connectivity index (χ3n) is 3.60. The van der Waals surface area contributed by atoms with E-state index in [1.807, 2.05) is 6.92 Å². The Balaban J connectivity index is 1.73. The van der Waals surface area contributed by atoms with Crippen LogP contribution in [0.3, 0.4) is 0 Å². The van der Waals surface area contributed by atoms with Crippen molar-refractivity contribution in [1.29, 1.82) is 0 Å². The minimum atomic E-state index is -0.253. The van der Waals surface area contributed by atoms with E-state index in [2.05, 4.69) is 27.2 Å². The summed E-state index contributed by atoms with van der Waals surface area (Å²) in [4.78, 5) is 4.49. The summed E-state index contributed by atoms with van der Waals surface area (Å²) in [5.74, 6) is 0. The van der Waals surface area contributed by atoms with Crippen molar-refractivity contribution < 1.29 is 5.11 Å². The highest BCUT2D eigenvalue weighted by molar-refractivity contribution is 7.09. The van der Waals surface area contributed by atoms with Gasteiger partial charge in [-0.1, -0.05) is 0 Å². The number of hydrogen-bond donors (Lipinski definition) is 1. The molecule has 0 radical (unpaired) electrons. The first kappa shape index (κ1) is 11.9. The molecule has 18 heavy (non-hydrogen) atoms. The van der Waals surface area contributed by atoms with Crippen LogP contribution in [0.25, 0.3) is 0 Å². The summed E-state index contributed by atoms with van der Waals surface area (Å²) in [5.41, 5.74) is 3.57. The van der Waals surface area contributed by atoms with Crippen LogP contribution in [0.1, 0.15) is 40.9 Å². The number of nitrogens with zero attached hydrogens (tertiary/aromatic N) is 2. The number of aliphatic hydroxyl groups excluding tert-OH is 1. The molecule has 0 saturated carbocycles. The van der Waals surface area contributed by atoms with E-state index in [9.17, 15) is 5.11 Å². The zero-order valence-corrected chi connectivity index (χ0v) is 11.4. The maximum Gasteiger partial charge on any atom is 0.0945 e. The van der Waals surface area contributed by atoms with Crippen LogP contribution < -0.4 is 0 Å². The van der Waals surface area contributed by atoms with Crippen molar-refractivity contribution in [3.05, 3.63) is 39.6 Å². The summed E-state index contributed by atoms with van der Waals surface area (Å²) in [6.45, 7) is 3.00. The molecule has 96 valence electrons. The number of thiazole rings is 1. The van der Waals surface area contributed by atoms with E-state index in [-0.39, 0.29) is 6.10 Å². The molecule has 0 amide bonds. The van der Waals surface area contributed by atoms with Crippen LogP contribution in [-0.2, 0) is 19.4 Å². The zero-order chi connectivity index (χ0) is 12.5. The summed E-state index contributed by atoms with van der Waals surface area (Å²) < 4.78 is 2.29. The first-order valence-electron chi connectivity index (χ1n) is 6.51. The van der Waals surface area contributed by atoms with Crippen molar-refractivity contribution in [1.82, 2.24) is 9.55 Å². The molecule has 1 atom stereocenters. The van der Waals surface area contributed by atoms with Crippen LogP contribution in [0, 0.1) is 6.92 Å². The molecule has 0 bridgehead atoms. The zero-order valence-electron chi connectivity index (χ0n) is 10.6. The lowest BCUT2D eigenvalue weighted by Gasteiger charge is -2.20. The standard InChI is InChI=1S/C14H18N2OS/c1-10-9-18-14(15-10)6-8-16-7-5-11-12(16)3-2-4-13(11)17/h5,7,9,13,17H,2-4,6,8H2,1H3. The molecule has 0 aromatic carbocycles. The van der Waals surface area contributed by atoms with Crippen LogP contribution >= 0.6 is 11.3 Å². The third kappa shape index (κ3) is 2.22. The average Bonchev–Trinajstić information content (AvgIpc) is 2.94. The molecule has 1 aliphatic carbocycles. The monoisotopic (exact) mass is 262 g/mol. The molecule has 1 aliphatic rings. The lowest BCUT2D eigenvalue weighted by atomic mass is 9.95. The first-order chi connectivity index (χ1) is 8.74. The van der Waals surface area contributed by atoms with Gasteiger partial charge in [-0.2, -0.15) is 0 Å². The summed E-state index contributed by atoms with van der Waals surface area (Å²) in [7, 11) is 0. The molecule has 0 fully saturated rings. The molecule has 0 spiro atoms. The molecule has 2 heterocycles. The molecule has 0 saturated heterocycles. The minimum Gasteiger partial charge on any atom is -0.388 e. The van der Waals surface area contributed by atoms with E-state index in [0.717, 1.165) is 43.5 Å². The summed E-state index contributed by atoms with van der Waals surface area (Å²) in [6, 6.07) is 2.08. The second-order valence-electron chi connectivity index (χ2n) is 4.95. The predicted molar refractivity (Wildman–Crippen MR) is 72.9 cm³/mol. The highest BCUT2D eigenvalue weighted by Gasteiger charge is 2.20. The van der Waals surface area contributed by atoms with Gasteiger partial charge < -0.3 is 9.67 Å². The minimum absolute atomic E-state index is 0.253. The van der Waals surface area contributed by atoms with Crippen molar-refractivity contribution in [3.63, 3.8) is 0 Å². The fourth-order valence-electron chi connectivity index (χ4n) is 2.68. The highest BCUT2D eigenvalue weighted by atomic mass is 32.1. The Morgan fingerprint density at radius 1 is 1.56 bits per heavy atom. The smallest absolute Gasteiger partial charge is 0.0945 e. The van der Waals surface area contributed by atoms with Crippen molar-refractivity contribution >= 4 is 11.3 Å². The van der Waals surface area contributed by atoms with Gasteiger partial charge in [0, 0.05) is 41.5 Å². The van der Waals surface area contributed by atoms with Gasteiger partial charge in [-0.25, -0.2) is 4.98 Å². The largest absolute Gasteiger partial charge is 0.388 e. The number of fused-ring (bicyclic) bond motifs is 1. The maximum atomic E-state index is 9.94. The van der Waals surface area contributed by atoms with Gasteiger partial charge in [-0.15, -0.1) is 11.3 Å². The second kappa shape index (κ2) is 4.86. The molecular formula is C14H18N2OS. The quantitative estimate of drug-likeness (QED) is 0.923. The lowest BCUT2D eigenvalue weighted by molar-refractivity contribution is 0.155. The van der Waals surface area contributed by atoms with E-state index >= 15 is 0 Å². The average molecular weight is 262 g/mol. The molecule has 0 aliphatic heterocycles. The van der Waals surface area contributed by atoms with Crippen molar-refractivity contribution in [2.75, 3.05) is 0 Å². The topological polar surface area (TPSA) is 38.0 Å². The van der Waals surface area contributed by atoms with Crippen LogP contribution in [0.5, 0.6) is 0 Å². The van der Waals surface area contributed by atoms with Gasteiger partial charge in [0.1, 0.15) is 0 Å². The fraction of sp³-hybridized carbons (Fsp3) is 0.500. The van der Waals surface area contributed by atoms with Crippen LogP contribution in [0.2, 0.25) is 0 Å². The van der Waals surface area contributed by atoms with Crippen molar-refractivity contribution in [3.8, 4) is 0 Å². The Morgan fingerprint density at radius 2 is 2.44 bits per heavy atom. The third-order valence-corrected chi connectivity index (χ3v) is 4.62. The maximum absolute atomic E-state index is 9.94. The van der Waals surface area contributed by atoms with Gasteiger partial charge in [-0.05, 0) is 32.3 Å². The highest BCUT2D eigenvalue weighted by Crippen LogP contribution is 2.30. The van der Waals surface area contributed by atoms with Gasteiger partial charge in [0.25, 0.3) is 0 Å². The number of aromatic nitrogens is 2. The van der Waals surface area contributed by atoms with Crippen LogP contribution in [-0.4, -0.2) is 14.7 Å². The number of aryl methyl sites for hydroxylation is 3. The van der Waals surface area contributed by atoms with Crippen LogP contribution in [0.4, 0.5) is 0 Å². The molecule has 1 N–H and O–H groups in total. The van der Waals surface area contributed by atoms with Crippen molar-refractivity contribution in [2.45, 2.75) is 45.3 Å². The Kier molecular flexibility index (Phi) is 3.22. The van der Waals surface area contributed by atoms with E-state index in [1.54, 1.807) is 11.3 Å². The molecular weight excluding hydrogens is 244 g/mol. The number of aliphatic hydroxyl groups is 1. The number of hydrogen-bond acceptors (Lipinski definition) is 3. The van der Waals surface area contributed by atoms with E-state index in [1.165, 1.54) is 10.7 Å². The van der Waals surface area contributed by atoms with Gasteiger partial charge in [0.15, 0.2) is 0 Å². The van der Waals surface area contributed by atoms with Crippen molar-refractivity contribution in [2.24, 2.45) is 0 Å². The van der Waals surface area contributed by atoms with Gasteiger partial charge in [0.2, 0.25) is 0 Å². The molecule has 3 nitrogen and oxygen atoms in total.